The van der Waals surface area contributed by atoms with Gasteiger partial charge in [0.2, 0.25) is 0 Å². The second-order valence-electron chi connectivity index (χ2n) is 5.52. The van der Waals surface area contributed by atoms with E-state index in [1.54, 1.807) is 31.4 Å². The van der Waals surface area contributed by atoms with Gasteiger partial charge in [-0.25, -0.2) is 0 Å². The van der Waals surface area contributed by atoms with Gasteiger partial charge in [0, 0.05) is 24.1 Å². The first kappa shape index (κ1) is 18.5. The van der Waals surface area contributed by atoms with E-state index in [0.29, 0.717) is 22.2 Å². The van der Waals surface area contributed by atoms with Crippen molar-refractivity contribution in [3.63, 3.8) is 0 Å². The van der Waals surface area contributed by atoms with E-state index in [0.717, 1.165) is 10.6 Å². The summed E-state index contributed by atoms with van der Waals surface area (Å²) in [5, 5.41) is 2.89. The molecule has 134 valence electrons. The van der Waals surface area contributed by atoms with E-state index < -0.39 is 0 Å². The Bertz CT molecular complexity index is 849. The van der Waals surface area contributed by atoms with Gasteiger partial charge in [0.05, 0.1) is 4.34 Å². The summed E-state index contributed by atoms with van der Waals surface area (Å²) >= 11 is 7.40. The molecule has 26 heavy (non-hydrogen) atoms. The lowest BCUT2D eigenvalue weighted by molar-refractivity contribution is 0.0837. The maximum Gasteiger partial charge on any atom is 0.251 e. The number of carbonyl (C=O) groups is 1. The molecule has 1 heterocycles. The number of amides is 1. The van der Waals surface area contributed by atoms with E-state index in [2.05, 4.69) is 5.32 Å². The fraction of sp³-hybridized carbons (Fsp3) is 0.150. The monoisotopic (exact) mass is 387 g/mol. The van der Waals surface area contributed by atoms with E-state index in [9.17, 15) is 4.79 Å². The molecular formula is C20H18ClNO3S. The van der Waals surface area contributed by atoms with Crippen LogP contribution in [0.25, 0.3) is 0 Å². The van der Waals surface area contributed by atoms with Crippen LogP contribution in [0.1, 0.15) is 21.3 Å². The molecule has 3 rings (SSSR count). The zero-order valence-electron chi connectivity index (χ0n) is 14.1. The van der Waals surface area contributed by atoms with Gasteiger partial charge in [-0.15, -0.1) is 11.3 Å². The van der Waals surface area contributed by atoms with Crippen molar-refractivity contribution in [3.8, 4) is 11.5 Å². The van der Waals surface area contributed by atoms with Crippen LogP contribution in [0, 0.1) is 0 Å². The Hall–Kier alpha value is -2.34. The third kappa shape index (κ3) is 4.85. The van der Waals surface area contributed by atoms with Crippen LogP contribution in [0.15, 0.2) is 66.7 Å². The van der Waals surface area contributed by atoms with Crippen molar-refractivity contribution >= 4 is 28.8 Å². The van der Waals surface area contributed by atoms with Crippen LogP contribution in [0.3, 0.4) is 0 Å². The average Bonchev–Trinajstić information content (AvgIpc) is 3.10. The summed E-state index contributed by atoms with van der Waals surface area (Å²) in [6, 6.07) is 20.2. The van der Waals surface area contributed by atoms with Crippen LogP contribution < -0.4 is 10.1 Å². The molecule has 4 nitrogen and oxygen atoms in total. The summed E-state index contributed by atoms with van der Waals surface area (Å²) < 4.78 is 11.9. The molecule has 0 aliphatic rings. The quantitative estimate of drug-likeness (QED) is 0.597. The molecule has 0 spiro atoms. The summed E-state index contributed by atoms with van der Waals surface area (Å²) in [7, 11) is 1.61. The predicted octanol–water partition coefficient (Wildman–Crippen LogP) is 5.31. The highest BCUT2D eigenvalue weighted by molar-refractivity contribution is 7.16. The lowest BCUT2D eigenvalue weighted by atomic mass is 10.2. The highest BCUT2D eigenvalue weighted by Gasteiger charge is 2.15. The minimum atomic E-state index is -0.225. The van der Waals surface area contributed by atoms with Crippen molar-refractivity contribution in [1.82, 2.24) is 5.32 Å². The third-order valence-electron chi connectivity index (χ3n) is 3.74. The number of rotatable bonds is 7. The summed E-state index contributed by atoms with van der Waals surface area (Å²) in [6.45, 7) is 0.369. The molecule has 0 aliphatic heterocycles. The van der Waals surface area contributed by atoms with Crippen molar-refractivity contribution in [2.24, 2.45) is 0 Å². The Morgan fingerprint density at radius 3 is 2.35 bits per heavy atom. The molecule has 1 N–H and O–H groups in total. The average molecular weight is 388 g/mol. The molecule has 3 aromatic rings. The SMILES string of the molecule is COC(CNC(=O)c1ccc(Oc2ccccc2)cc1)c1ccc(Cl)s1. The number of para-hydroxylation sites is 1. The topological polar surface area (TPSA) is 47.6 Å². The number of ether oxygens (including phenoxy) is 2. The van der Waals surface area contributed by atoms with Crippen molar-refractivity contribution in [3.05, 3.63) is 81.5 Å². The van der Waals surface area contributed by atoms with Crippen LogP contribution in [0.4, 0.5) is 0 Å². The summed E-state index contributed by atoms with van der Waals surface area (Å²) in [4.78, 5) is 13.3. The van der Waals surface area contributed by atoms with Gasteiger partial charge in [-0.3, -0.25) is 4.79 Å². The number of halogens is 1. The molecule has 1 atom stereocenters. The Balaban J connectivity index is 1.57. The number of benzene rings is 2. The van der Waals surface area contributed by atoms with E-state index in [4.69, 9.17) is 21.1 Å². The van der Waals surface area contributed by atoms with E-state index >= 15 is 0 Å². The van der Waals surface area contributed by atoms with E-state index in [-0.39, 0.29) is 12.0 Å². The van der Waals surface area contributed by atoms with Crippen LogP contribution in [-0.2, 0) is 4.74 Å². The normalized spacial score (nSPS) is 11.8. The molecule has 1 aromatic heterocycles. The second kappa shape index (κ2) is 8.85. The lowest BCUT2D eigenvalue weighted by Crippen LogP contribution is -2.28. The largest absolute Gasteiger partial charge is 0.457 e. The minimum absolute atomic E-state index is 0.166. The fourth-order valence-corrected chi connectivity index (χ4v) is 3.53. The number of thiophene rings is 1. The van der Waals surface area contributed by atoms with Gasteiger partial charge in [-0.2, -0.15) is 0 Å². The first-order valence-corrected chi connectivity index (χ1v) is 9.24. The van der Waals surface area contributed by atoms with Crippen molar-refractivity contribution in [2.75, 3.05) is 13.7 Å². The molecule has 0 saturated heterocycles. The smallest absolute Gasteiger partial charge is 0.251 e. The Labute approximate surface area is 161 Å². The van der Waals surface area contributed by atoms with Gasteiger partial charge in [0.1, 0.15) is 17.6 Å². The molecule has 0 bridgehead atoms. The van der Waals surface area contributed by atoms with E-state index in [1.807, 2.05) is 42.5 Å². The van der Waals surface area contributed by atoms with E-state index in [1.165, 1.54) is 11.3 Å². The first-order chi connectivity index (χ1) is 12.7. The number of hydrogen-bond acceptors (Lipinski definition) is 4. The number of methoxy groups -OCH3 is 1. The van der Waals surface area contributed by atoms with Gasteiger partial charge in [0.15, 0.2) is 0 Å². The highest BCUT2D eigenvalue weighted by atomic mass is 35.5. The number of nitrogens with one attached hydrogen (secondary N) is 1. The second-order valence-corrected chi connectivity index (χ2v) is 7.26. The zero-order valence-corrected chi connectivity index (χ0v) is 15.7. The number of carbonyl (C=O) groups excluding carboxylic acids is 1. The van der Waals surface area contributed by atoms with Gasteiger partial charge < -0.3 is 14.8 Å². The number of hydrogen-bond donors (Lipinski definition) is 1. The molecule has 0 saturated carbocycles. The van der Waals surface area contributed by atoms with Gasteiger partial charge in [0.25, 0.3) is 5.91 Å². The maximum absolute atomic E-state index is 12.3. The van der Waals surface area contributed by atoms with Crippen molar-refractivity contribution < 1.29 is 14.3 Å². The maximum atomic E-state index is 12.3. The molecule has 6 heteroatoms. The van der Waals surface area contributed by atoms with Crippen LogP contribution >= 0.6 is 22.9 Å². The molecule has 2 aromatic carbocycles. The molecule has 1 amide bonds. The highest BCUT2D eigenvalue weighted by Crippen LogP contribution is 2.28. The van der Waals surface area contributed by atoms with Gasteiger partial charge in [-0.1, -0.05) is 29.8 Å². The Morgan fingerprint density at radius 2 is 1.73 bits per heavy atom. The summed E-state index contributed by atoms with van der Waals surface area (Å²) in [6.07, 6.45) is -0.225. The summed E-state index contributed by atoms with van der Waals surface area (Å²) in [5.74, 6) is 1.26. The molecular weight excluding hydrogens is 370 g/mol. The molecule has 0 aliphatic carbocycles. The molecule has 0 fully saturated rings. The minimum Gasteiger partial charge on any atom is -0.457 e. The molecule has 1 unspecified atom stereocenters. The standard InChI is InChI=1S/C20H18ClNO3S/c1-24-17(18-11-12-19(21)26-18)13-22-20(23)14-7-9-16(10-8-14)25-15-5-3-2-4-6-15/h2-12,17H,13H2,1H3,(H,22,23). The Morgan fingerprint density at radius 1 is 1.04 bits per heavy atom. The third-order valence-corrected chi connectivity index (χ3v) is 5.06. The van der Waals surface area contributed by atoms with Crippen LogP contribution in [0.2, 0.25) is 4.34 Å². The first-order valence-electron chi connectivity index (χ1n) is 8.05. The van der Waals surface area contributed by atoms with Crippen molar-refractivity contribution in [2.45, 2.75) is 6.10 Å². The fourth-order valence-electron chi connectivity index (χ4n) is 2.39. The molecule has 0 radical (unpaired) electrons. The van der Waals surface area contributed by atoms with Crippen LogP contribution in [0.5, 0.6) is 11.5 Å². The summed E-state index contributed by atoms with van der Waals surface area (Å²) in [5.41, 5.74) is 0.560. The zero-order chi connectivity index (χ0) is 18.4. The van der Waals surface area contributed by atoms with Crippen molar-refractivity contribution in [1.29, 1.82) is 0 Å². The Kier molecular flexibility index (Phi) is 6.28. The van der Waals surface area contributed by atoms with Gasteiger partial charge >= 0.3 is 0 Å². The van der Waals surface area contributed by atoms with Gasteiger partial charge in [-0.05, 0) is 48.5 Å². The lowest BCUT2D eigenvalue weighted by Gasteiger charge is -2.14. The predicted molar refractivity (Wildman–Crippen MR) is 104 cm³/mol. The van der Waals surface area contributed by atoms with Crippen LogP contribution in [-0.4, -0.2) is 19.6 Å².